The van der Waals surface area contributed by atoms with Crippen LogP contribution >= 0.6 is 0 Å². The lowest BCUT2D eigenvalue weighted by Crippen LogP contribution is -2.38. The first-order valence-corrected chi connectivity index (χ1v) is 7.73. The molecule has 114 valence electrons. The Bertz CT molecular complexity index is 588. The molecule has 0 radical (unpaired) electrons. The molecule has 1 atom stereocenters. The number of nitrogens with zero attached hydrogens (tertiary/aromatic N) is 1. The first-order chi connectivity index (χ1) is 9.14. The summed E-state index contributed by atoms with van der Waals surface area (Å²) in [6.07, 6.45) is 0. The predicted molar refractivity (Wildman–Crippen MR) is 73.5 cm³/mol. The monoisotopic (exact) mass is 306 g/mol. The molecule has 0 bridgehead atoms. The average Bonchev–Trinajstić information content (AvgIpc) is 2.36. The molecule has 1 unspecified atom stereocenters. The number of halogens is 2. The summed E-state index contributed by atoms with van der Waals surface area (Å²) in [6.45, 7) is 5.06. The summed E-state index contributed by atoms with van der Waals surface area (Å²) in [7, 11) is -2.65. The van der Waals surface area contributed by atoms with Gasteiger partial charge >= 0.3 is 0 Å². The fourth-order valence-corrected chi connectivity index (χ4v) is 3.34. The molecule has 0 aliphatic rings. The molecule has 4 nitrogen and oxygen atoms in total. The number of sulfonamides is 1. The standard InChI is InChI=1S/C13H20F2N2O2S/c1-8(2)9(3)17(4)20(18,19)12-6-5-11(14)10(7-16)13(12)15/h5-6,8-9H,7,16H2,1-4H3. The van der Waals surface area contributed by atoms with Crippen LogP contribution in [0.25, 0.3) is 0 Å². The van der Waals surface area contributed by atoms with Crippen LogP contribution in [0.15, 0.2) is 17.0 Å². The van der Waals surface area contributed by atoms with E-state index >= 15 is 0 Å². The van der Waals surface area contributed by atoms with E-state index in [1.54, 1.807) is 6.92 Å². The molecule has 0 saturated carbocycles. The Morgan fingerprint density at radius 2 is 1.80 bits per heavy atom. The third kappa shape index (κ3) is 2.99. The van der Waals surface area contributed by atoms with Gasteiger partial charge in [-0.15, -0.1) is 0 Å². The molecule has 1 aromatic rings. The Kier molecular flexibility index (Phi) is 5.23. The van der Waals surface area contributed by atoms with Gasteiger partial charge in [0.25, 0.3) is 0 Å². The largest absolute Gasteiger partial charge is 0.326 e. The Balaban J connectivity index is 3.37. The van der Waals surface area contributed by atoms with Crippen LogP contribution < -0.4 is 5.73 Å². The summed E-state index contributed by atoms with van der Waals surface area (Å²) in [5.41, 5.74) is 4.84. The summed E-state index contributed by atoms with van der Waals surface area (Å²) in [4.78, 5) is -0.547. The molecule has 2 N–H and O–H groups in total. The minimum Gasteiger partial charge on any atom is -0.326 e. The fourth-order valence-electron chi connectivity index (χ4n) is 1.76. The first kappa shape index (κ1) is 17.0. The fraction of sp³-hybridized carbons (Fsp3) is 0.538. The molecule has 0 fully saturated rings. The van der Waals surface area contributed by atoms with Crippen LogP contribution in [0.5, 0.6) is 0 Å². The normalized spacial score (nSPS) is 14.1. The molecule has 7 heteroatoms. The van der Waals surface area contributed by atoms with E-state index in [1.807, 2.05) is 13.8 Å². The van der Waals surface area contributed by atoms with Crippen LogP contribution in [0.1, 0.15) is 26.3 Å². The SMILES string of the molecule is CC(C)C(C)N(C)S(=O)(=O)c1ccc(F)c(CN)c1F. The van der Waals surface area contributed by atoms with E-state index in [-0.39, 0.29) is 12.0 Å². The van der Waals surface area contributed by atoms with Gasteiger partial charge in [-0.25, -0.2) is 17.2 Å². The van der Waals surface area contributed by atoms with Crippen molar-refractivity contribution in [1.29, 1.82) is 0 Å². The van der Waals surface area contributed by atoms with Crippen molar-refractivity contribution in [2.24, 2.45) is 11.7 Å². The van der Waals surface area contributed by atoms with Crippen molar-refractivity contribution in [3.63, 3.8) is 0 Å². The second-order valence-corrected chi connectivity index (χ2v) is 7.01. The molecule has 0 amide bonds. The first-order valence-electron chi connectivity index (χ1n) is 6.29. The van der Waals surface area contributed by atoms with Crippen LogP contribution in [0.3, 0.4) is 0 Å². The van der Waals surface area contributed by atoms with Gasteiger partial charge in [-0.1, -0.05) is 13.8 Å². The quantitative estimate of drug-likeness (QED) is 0.906. The second-order valence-electron chi connectivity index (χ2n) is 5.05. The van der Waals surface area contributed by atoms with Crippen LogP contribution in [0.2, 0.25) is 0 Å². The van der Waals surface area contributed by atoms with Gasteiger partial charge in [0.05, 0.1) is 0 Å². The molecule has 0 aliphatic heterocycles. The van der Waals surface area contributed by atoms with Crippen molar-refractivity contribution in [2.45, 2.75) is 38.3 Å². The number of benzene rings is 1. The lowest BCUT2D eigenvalue weighted by atomic mass is 10.1. The van der Waals surface area contributed by atoms with E-state index in [9.17, 15) is 17.2 Å². The maximum atomic E-state index is 14.1. The van der Waals surface area contributed by atoms with Crippen LogP contribution in [-0.2, 0) is 16.6 Å². The van der Waals surface area contributed by atoms with Gasteiger partial charge in [0.1, 0.15) is 10.7 Å². The zero-order chi connectivity index (χ0) is 15.7. The average molecular weight is 306 g/mol. The highest BCUT2D eigenvalue weighted by molar-refractivity contribution is 7.89. The Labute approximate surface area is 118 Å². The third-order valence-electron chi connectivity index (χ3n) is 3.55. The Morgan fingerprint density at radius 3 is 2.25 bits per heavy atom. The lowest BCUT2D eigenvalue weighted by Gasteiger charge is -2.27. The minimum atomic E-state index is -4.03. The molecule has 1 rings (SSSR count). The van der Waals surface area contributed by atoms with Crippen LogP contribution in [0, 0.1) is 17.6 Å². The molecule has 0 spiro atoms. The summed E-state index contributed by atoms with van der Waals surface area (Å²) >= 11 is 0. The van der Waals surface area contributed by atoms with Gasteiger partial charge in [0.15, 0.2) is 5.82 Å². The molecular formula is C13H20F2N2O2S. The maximum absolute atomic E-state index is 14.1. The predicted octanol–water partition coefficient (Wildman–Crippen LogP) is 2.09. The maximum Gasteiger partial charge on any atom is 0.245 e. The van der Waals surface area contributed by atoms with Crippen LogP contribution in [0.4, 0.5) is 8.78 Å². The van der Waals surface area contributed by atoms with Crippen molar-refractivity contribution < 1.29 is 17.2 Å². The highest BCUT2D eigenvalue weighted by Gasteiger charge is 2.31. The van der Waals surface area contributed by atoms with Crippen molar-refractivity contribution in [1.82, 2.24) is 4.31 Å². The Morgan fingerprint density at radius 1 is 1.25 bits per heavy atom. The molecule has 20 heavy (non-hydrogen) atoms. The molecule has 0 aromatic heterocycles. The van der Waals surface area contributed by atoms with E-state index in [2.05, 4.69) is 0 Å². The van der Waals surface area contributed by atoms with E-state index in [0.29, 0.717) is 0 Å². The summed E-state index contributed by atoms with van der Waals surface area (Å²) < 4.78 is 53.4. The smallest absolute Gasteiger partial charge is 0.245 e. The van der Waals surface area contributed by atoms with Gasteiger partial charge in [0.2, 0.25) is 10.0 Å². The highest BCUT2D eigenvalue weighted by Crippen LogP contribution is 2.25. The second kappa shape index (κ2) is 6.15. The molecule has 0 heterocycles. The number of rotatable bonds is 5. The summed E-state index contributed by atoms with van der Waals surface area (Å²) in [6, 6.07) is 1.54. The van der Waals surface area contributed by atoms with Crippen molar-refractivity contribution in [2.75, 3.05) is 7.05 Å². The summed E-state index contributed by atoms with van der Waals surface area (Å²) in [5, 5.41) is 0. The third-order valence-corrected chi connectivity index (χ3v) is 5.51. The van der Waals surface area contributed by atoms with Gasteiger partial charge in [0, 0.05) is 25.2 Å². The van der Waals surface area contributed by atoms with E-state index < -0.39 is 38.7 Å². The van der Waals surface area contributed by atoms with Crippen molar-refractivity contribution in [3.8, 4) is 0 Å². The van der Waals surface area contributed by atoms with Gasteiger partial charge in [-0.3, -0.25) is 0 Å². The Hall–Kier alpha value is -1.05. The van der Waals surface area contributed by atoms with E-state index in [0.717, 1.165) is 16.4 Å². The van der Waals surface area contributed by atoms with Gasteiger partial charge < -0.3 is 5.73 Å². The van der Waals surface area contributed by atoms with Gasteiger partial charge in [-0.2, -0.15) is 4.31 Å². The van der Waals surface area contributed by atoms with Gasteiger partial charge in [-0.05, 0) is 25.0 Å². The van der Waals surface area contributed by atoms with E-state index in [1.165, 1.54) is 7.05 Å². The van der Waals surface area contributed by atoms with Crippen molar-refractivity contribution in [3.05, 3.63) is 29.3 Å². The molecular weight excluding hydrogens is 286 g/mol. The number of hydrogen-bond donors (Lipinski definition) is 1. The molecule has 0 aliphatic carbocycles. The zero-order valence-corrected chi connectivity index (χ0v) is 12.8. The number of nitrogens with two attached hydrogens (primary N) is 1. The summed E-state index contributed by atoms with van der Waals surface area (Å²) in [5.74, 6) is -1.90. The topological polar surface area (TPSA) is 63.4 Å². The zero-order valence-electron chi connectivity index (χ0n) is 12.0. The highest BCUT2D eigenvalue weighted by atomic mass is 32.2. The van der Waals surface area contributed by atoms with Crippen molar-refractivity contribution >= 4 is 10.0 Å². The minimum absolute atomic E-state index is 0.0623. The lowest BCUT2D eigenvalue weighted by molar-refractivity contribution is 0.314. The number of hydrogen-bond acceptors (Lipinski definition) is 3. The molecule has 1 aromatic carbocycles. The van der Waals surface area contributed by atoms with E-state index in [4.69, 9.17) is 5.73 Å². The molecule has 0 saturated heterocycles. The van der Waals surface area contributed by atoms with Crippen LogP contribution in [-0.4, -0.2) is 25.8 Å².